The molecule has 0 spiro atoms. The van der Waals surface area contributed by atoms with Gasteiger partial charge in [0, 0.05) is 6.20 Å². The third-order valence-corrected chi connectivity index (χ3v) is 2.57. The molecule has 78 valence electrons. The Labute approximate surface area is 85.3 Å². The lowest BCUT2D eigenvalue weighted by molar-refractivity contribution is 0.158. The summed E-state index contributed by atoms with van der Waals surface area (Å²) in [5.74, 6) is 1.20. The molecule has 3 heteroatoms. The molecule has 3 nitrogen and oxygen atoms in total. The molecule has 0 aromatic carbocycles. The molecule has 1 rings (SSSR count). The number of rotatable bonds is 4. The first-order chi connectivity index (χ1) is 6.65. The summed E-state index contributed by atoms with van der Waals surface area (Å²) in [6, 6.07) is 1.75. The summed E-state index contributed by atoms with van der Waals surface area (Å²) in [6.45, 7) is 6.37. The topological polar surface area (TPSA) is 48.1 Å². The van der Waals surface area contributed by atoms with Crippen molar-refractivity contribution in [3.05, 3.63) is 18.5 Å². The third kappa shape index (κ3) is 2.62. The van der Waals surface area contributed by atoms with E-state index in [1.807, 2.05) is 0 Å². The van der Waals surface area contributed by atoms with Crippen molar-refractivity contribution >= 4 is 5.69 Å². The lowest BCUT2D eigenvalue weighted by atomic mass is 10.0. The normalized spacial score (nSPS) is 14.8. The predicted octanol–water partition coefficient (Wildman–Crippen LogP) is 2.48. The molecular formula is C11H18N2O. The predicted molar refractivity (Wildman–Crippen MR) is 58.2 cm³/mol. The van der Waals surface area contributed by atoms with Crippen LogP contribution in [0.2, 0.25) is 0 Å². The van der Waals surface area contributed by atoms with Crippen LogP contribution >= 0.6 is 0 Å². The second kappa shape index (κ2) is 4.84. The molecule has 0 fully saturated rings. The van der Waals surface area contributed by atoms with Gasteiger partial charge in [-0.25, -0.2) is 0 Å². The number of ether oxygens (including phenoxy) is 1. The lowest BCUT2D eigenvalue weighted by Crippen LogP contribution is -2.21. The second-order valence-electron chi connectivity index (χ2n) is 3.62. The van der Waals surface area contributed by atoms with Gasteiger partial charge in [-0.1, -0.05) is 20.3 Å². The van der Waals surface area contributed by atoms with E-state index in [0.29, 0.717) is 17.4 Å². The van der Waals surface area contributed by atoms with Crippen LogP contribution in [0.3, 0.4) is 0 Å². The Balaban J connectivity index is 2.64. The highest BCUT2D eigenvalue weighted by atomic mass is 16.5. The van der Waals surface area contributed by atoms with Crippen LogP contribution in [0, 0.1) is 5.92 Å². The molecule has 14 heavy (non-hydrogen) atoms. The summed E-state index contributed by atoms with van der Waals surface area (Å²) in [7, 11) is 0. The highest BCUT2D eigenvalue weighted by Crippen LogP contribution is 2.22. The van der Waals surface area contributed by atoms with Crippen LogP contribution in [0.5, 0.6) is 5.75 Å². The van der Waals surface area contributed by atoms with Crippen molar-refractivity contribution < 1.29 is 4.74 Å². The number of nitrogen functional groups attached to an aromatic ring is 1. The molecular weight excluding hydrogens is 176 g/mol. The van der Waals surface area contributed by atoms with Crippen LogP contribution in [0.1, 0.15) is 27.2 Å². The minimum atomic E-state index is 0.173. The van der Waals surface area contributed by atoms with Crippen molar-refractivity contribution in [1.82, 2.24) is 4.98 Å². The van der Waals surface area contributed by atoms with Crippen LogP contribution in [0.25, 0.3) is 0 Å². The Morgan fingerprint density at radius 1 is 1.50 bits per heavy atom. The quantitative estimate of drug-likeness (QED) is 0.801. The number of hydrogen-bond donors (Lipinski definition) is 1. The molecule has 0 bridgehead atoms. The van der Waals surface area contributed by atoms with Gasteiger partial charge in [0.05, 0.1) is 18.0 Å². The summed E-state index contributed by atoms with van der Waals surface area (Å²) in [5, 5.41) is 0. The van der Waals surface area contributed by atoms with Crippen LogP contribution in [-0.4, -0.2) is 11.1 Å². The summed E-state index contributed by atoms with van der Waals surface area (Å²) in [5.41, 5.74) is 6.39. The number of nitrogens with zero attached hydrogens (tertiary/aromatic N) is 1. The van der Waals surface area contributed by atoms with E-state index in [-0.39, 0.29) is 6.10 Å². The van der Waals surface area contributed by atoms with Crippen molar-refractivity contribution in [3.63, 3.8) is 0 Å². The van der Waals surface area contributed by atoms with Gasteiger partial charge >= 0.3 is 0 Å². The minimum Gasteiger partial charge on any atom is -0.487 e. The number of nitrogens with two attached hydrogens (primary N) is 1. The van der Waals surface area contributed by atoms with Gasteiger partial charge in [-0.15, -0.1) is 0 Å². The summed E-state index contributed by atoms with van der Waals surface area (Å²) < 4.78 is 5.71. The van der Waals surface area contributed by atoms with Gasteiger partial charge in [-0.2, -0.15) is 0 Å². The van der Waals surface area contributed by atoms with E-state index in [1.54, 1.807) is 18.5 Å². The fourth-order valence-corrected chi connectivity index (χ4v) is 1.14. The molecule has 1 heterocycles. The van der Waals surface area contributed by atoms with Gasteiger partial charge in [0.2, 0.25) is 0 Å². The Kier molecular flexibility index (Phi) is 3.74. The largest absolute Gasteiger partial charge is 0.487 e. The molecule has 0 aliphatic rings. The second-order valence-corrected chi connectivity index (χ2v) is 3.62. The van der Waals surface area contributed by atoms with E-state index in [9.17, 15) is 0 Å². The maximum atomic E-state index is 5.75. The van der Waals surface area contributed by atoms with E-state index in [2.05, 4.69) is 25.8 Å². The monoisotopic (exact) mass is 194 g/mol. The molecule has 0 amide bonds. The lowest BCUT2D eigenvalue weighted by Gasteiger charge is -2.20. The molecule has 1 aromatic rings. The fraction of sp³-hybridized carbons (Fsp3) is 0.545. The van der Waals surface area contributed by atoms with Gasteiger partial charge in [0.15, 0.2) is 5.75 Å². The van der Waals surface area contributed by atoms with E-state index >= 15 is 0 Å². The van der Waals surface area contributed by atoms with Crippen LogP contribution in [-0.2, 0) is 0 Å². The standard InChI is InChI=1S/C11H18N2O/c1-4-8(2)9(3)14-11-7-13-6-5-10(11)12/h5-9H,4H2,1-3H3,(H2,12,13). The first-order valence-electron chi connectivity index (χ1n) is 5.01. The summed E-state index contributed by atoms with van der Waals surface area (Å²) >= 11 is 0. The van der Waals surface area contributed by atoms with E-state index in [1.165, 1.54) is 0 Å². The van der Waals surface area contributed by atoms with E-state index in [0.717, 1.165) is 6.42 Å². The van der Waals surface area contributed by atoms with Gasteiger partial charge in [0.25, 0.3) is 0 Å². The van der Waals surface area contributed by atoms with Gasteiger partial charge < -0.3 is 10.5 Å². The summed E-state index contributed by atoms with van der Waals surface area (Å²) in [4.78, 5) is 3.98. The Hall–Kier alpha value is -1.25. The van der Waals surface area contributed by atoms with Crippen molar-refractivity contribution in [2.75, 3.05) is 5.73 Å². The zero-order valence-electron chi connectivity index (χ0n) is 9.03. The smallest absolute Gasteiger partial charge is 0.160 e. The number of hydrogen-bond acceptors (Lipinski definition) is 3. The molecule has 0 saturated carbocycles. The highest BCUT2D eigenvalue weighted by Gasteiger charge is 2.12. The number of aromatic nitrogens is 1. The first-order valence-corrected chi connectivity index (χ1v) is 5.01. The van der Waals surface area contributed by atoms with Crippen LogP contribution < -0.4 is 10.5 Å². The SMILES string of the molecule is CCC(C)C(C)Oc1cnccc1N. The maximum Gasteiger partial charge on any atom is 0.160 e. The number of pyridine rings is 1. The fourth-order valence-electron chi connectivity index (χ4n) is 1.14. The van der Waals surface area contributed by atoms with Crippen LogP contribution in [0.4, 0.5) is 5.69 Å². The van der Waals surface area contributed by atoms with Gasteiger partial charge in [-0.05, 0) is 18.9 Å². The maximum absolute atomic E-state index is 5.75. The summed E-state index contributed by atoms with van der Waals surface area (Å²) in [6.07, 6.45) is 4.59. The Bertz CT molecular complexity index is 288. The van der Waals surface area contributed by atoms with Crippen molar-refractivity contribution in [3.8, 4) is 5.75 Å². The van der Waals surface area contributed by atoms with Gasteiger partial charge in [-0.3, -0.25) is 4.98 Å². The third-order valence-electron chi connectivity index (χ3n) is 2.57. The van der Waals surface area contributed by atoms with Crippen molar-refractivity contribution in [2.24, 2.45) is 5.92 Å². The van der Waals surface area contributed by atoms with Crippen molar-refractivity contribution in [2.45, 2.75) is 33.3 Å². The first kappa shape index (κ1) is 10.8. The average molecular weight is 194 g/mol. The van der Waals surface area contributed by atoms with E-state index in [4.69, 9.17) is 10.5 Å². The average Bonchev–Trinajstić information content (AvgIpc) is 2.20. The zero-order chi connectivity index (χ0) is 10.6. The molecule has 2 unspecified atom stereocenters. The Morgan fingerprint density at radius 3 is 2.79 bits per heavy atom. The molecule has 1 aromatic heterocycles. The zero-order valence-corrected chi connectivity index (χ0v) is 9.03. The molecule has 0 saturated heterocycles. The Morgan fingerprint density at radius 2 is 2.21 bits per heavy atom. The number of anilines is 1. The molecule has 0 aliphatic carbocycles. The molecule has 2 N–H and O–H groups in total. The molecule has 0 radical (unpaired) electrons. The van der Waals surface area contributed by atoms with Gasteiger partial charge in [0.1, 0.15) is 0 Å². The van der Waals surface area contributed by atoms with Crippen LogP contribution in [0.15, 0.2) is 18.5 Å². The molecule has 0 aliphatic heterocycles. The molecule has 2 atom stereocenters. The van der Waals surface area contributed by atoms with E-state index < -0.39 is 0 Å². The minimum absolute atomic E-state index is 0.173. The highest BCUT2D eigenvalue weighted by molar-refractivity contribution is 5.49. The van der Waals surface area contributed by atoms with Crippen molar-refractivity contribution in [1.29, 1.82) is 0 Å².